The van der Waals surface area contributed by atoms with E-state index in [1.165, 1.54) is 19.5 Å². The summed E-state index contributed by atoms with van der Waals surface area (Å²) in [5.74, 6) is 0.0330. The summed E-state index contributed by atoms with van der Waals surface area (Å²) >= 11 is 0. The van der Waals surface area contributed by atoms with E-state index in [1.54, 1.807) is 17.2 Å². The number of halogens is 1. The second-order valence-corrected chi connectivity index (χ2v) is 10.8. The highest BCUT2D eigenvalue weighted by molar-refractivity contribution is 6.08. The Bertz CT molecular complexity index is 1360. The van der Waals surface area contributed by atoms with Crippen molar-refractivity contribution in [1.29, 1.82) is 0 Å². The normalized spacial score (nSPS) is 17.5. The summed E-state index contributed by atoms with van der Waals surface area (Å²) in [4.78, 5) is 39.1. The van der Waals surface area contributed by atoms with Gasteiger partial charge in [0, 0.05) is 37.0 Å². The van der Waals surface area contributed by atoms with Crippen LogP contribution in [-0.4, -0.2) is 70.3 Å². The highest BCUT2D eigenvalue weighted by Crippen LogP contribution is 2.39. The zero-order valence-corrected chi connectivity index (χ0v) is 22.0. The Hall–Kier alpha value is -3.89. The number of amides is 2. The number of hydrogen-bond donors (Lipinski definition) is 2. The minimum atomic E-state index is -0.586. The molecular formula is C27H32FN5O5. The number of H-pyrrole nitrogens is 1. The van der Waals surface area contributed by atoms with Crippen molar-refractivity contribution in [1.82, 2.24) is 25.2 Å². The van der Waals surface area contributed by atoms with Gasteiger partial charge in [-0.3, -0.25) is 4.79 Å². The lowest BCUT2D eigenvalue weighted by Crippen LogP contribution is -2.40. The predicted octanol–water partition coefficient (Wildman–Crippen LogP) is 4.30. The topological polar surface area (TPSA) is 119 Å². The number of aromatic nitrogens is 3. The molecule has 202 valence electrons. The number of rotatable bonds is 7. The van der Waals surface area contributed by atoms with E-state index >= 15 is 0 Å². The molecule has 1 atom stereocenters. The number of methoxy groups -OCH3 is 1. The molecule has 2 fully saturated rings. The number of likely N-dealkylation sites (tertiary alicyclic amines) is 1. The molecule has 10 nitrogen and oxygen atoms in total. The van der Waals surface area contributed by atoms with Crippen molar-refractivity contribution in [3.05, 3.63) is 36.0 Å². The largest absolute Gasteiger partial charge is 0.494 e. The lowest BCUT2D eigenvalue weighted by Gasteiger charge is -2.24. The van der Waals surface area contributed by atoms with Crippen LogP contribution in [0.1, 0.15) is 50.4 Å². The number of carbonyl (C=O) groups excluding carboxylic acids is 2. The minimum absolute atomic E-state index is 0.0610. The molecule has 2 aliphatic rings. The molecule has 0 spiro atoms. The lowest BCUT2D eigenvalue weighted by atomic mass is 10.1. The maximum absolute atomic E-state index is 14.5. The van der Waals surface area contributed by atoms with Crippen LogP contribution in [0.15, 0.2) is 24.7 Å². The zero-order valence-electron chi connectivity index (χ0n) is 22.0. The molecule has 11 heteroatoms. The molecule has 0 radical (unpaired) electrons. The fourth-order valence-electron chi connectivity index (χ4n) is 4.44. The fourth-order valence-corrected chi connectivity index (χ4v) is 4.44. The van der Waals surface area contributed by atoms with Gasteiger partial charge in [-0.25, -0.2) is 19.2 Å². The number of nitrogens with one attached hydrogen (secondary N) is 2. The number of nitrogens with zero attached hydrogens (tertiary/aromatic N) is 3. The molecule has 0 bridgehead atoms. The first-order valence-corrected chi connectivity index (χ1v) is 12.7. The summed E-state index contributed by atoms with van der Waals surface area (Å²) in [6.45, 7) is 6.80. The molecular weight excluding hydrogens is 493 g/mol. The van der Waals surface area contributed by atoms with Gasteiger partial charge >= 0.3 is 6.09 Å². The van der Waals surface area contributed by atoms with Crippen LogP contribution < -0.4 is 14.8 Å². The molecule has 1 saturated carbocycles. The Morgan fingerprint density at radius 3 is 2.68 bits per heavy atom. The average molecular weight is 526 g/mol. The third kappa shape index (κ3) is 5.51. The van der Waals surface area contributed by atoms with Gasteiger partial charge in [0.05, 0.1) is 24.8 Å². The number of aromatic amines is 1. The van der Waals surface area contributed by atoms with Gasteiger partial charge in [-0.05, 0) is 52.0 Å². The molecule has 1 saturated heterocycles. The van der Waals surface area contributed by atoms with Gasteiger partial charge in [-0.2, -0.15) is 0 Å². The van der Waals surface area contributed by atoms with E-state index in [9.17, 15) is 14.0 Å². The maximum Gasteiger partial charge on any atom is 0.410 e. The van der Waals surface area contributed by atoms with E-state index in [0.29, 0.717) is 65.6 Å². The predicted molar refractivity (Wildman–Crippen MR) is 138 cm³/mol. The van der Waals surface area contributed by atoms with E-state index in [1.807, 2.05) is 20.8 Å². The monoisotopic (exact) mass is 525 g/mol. The van der Waals surface area contributed by atoms with Crippen LogP contribution >= 0.6 is 0 Å². The second-order valence-electron chi connectivity index (χ2n) is 10.8. The molecule has 38 heavy (non-hydrogen) atoms. The number of ether oxygens (including phenoxy) is 3. The van der Waals surface area contributed by atoms with Gasteiger partial charge in [0.25, 0.3) is 5.91 Å². The summed E-state index contributed by atoms with van der Waals surface area (Å²) in [5, 5.41) is 2.99. The molecule has 1 aliphatic carbocycles. The van der Waals surface area contributed by atoms with E-state index in [4.69, 9.17) is 14.2 Å². The third-order valence-electron chi connectivity index (χ3n) is 6.56. The van der Waals surface area contributed by atoms with Gasteiger partial charge < -0.3 is 29.4 Å². The van der Waals surface area contributed by atoms with Gasteiger partial charge in [-0.1, -0.05) is 0 Å². The Labute approximate surface area is 219 Å². The van der Waals surface area contributed by atoms with Crippen LogP contribution in [0, 0.1) is 11.7 Å². The quantitative estimate of drug-likeness (QED) is 0.472. The summed E-state index contributed by atoms with van der Waals surface area (Å²) < 4.78 is 31.1. The summed E-state index contributed by atoms with van der Waals surface area (Å²) in [6, 6.07) is 2.63. The van der Waals surface area contributed by atoms with Gasteiger partial charge in [0.2, 0.25) is 0 Å². The molecule has 2 amide bonds. The van der Waals surface area contributed by atoms with Crippen LogP contribution in [0.3, 0.4) is 0 Å². The van der Waals surface area contributed by atoms with Crippen molar-refractivity contribution >= 4 is 23.0 Å². The Morgan fingerprint density at radius 2 is 1.97 bits per heavy atom. The van der Waals surface area contributed by atoms with E-state index in [2.05, 4.69) is 20.3 Å². The molecule has 1 aromatic carbocycles. The Kier molecular flexibility index (Phi) is 6.85. The van der Waals surface area contributed by atoms with E-state index in [-0.39, 0.29) is 17.7 Å². The summed E-state index contributed by atoms with van der Waals surface area (Å²) in [7, 11) is 1.40. The summed E-state index contributed by atoms with van der Waals surface area (Å²) in [6.07, 6.45) is 5.35. The molecule has 3 heterocycles. The molecule has 1 aliphatic heterocycles. The highest BCUT2D eigenvalue weighted by Gasteiger charge is 2.31. The maximum atomic E-state index is 14.5. The first-order chi connectivity index (χ1) is 18.1. The van der Waals surface area contributed by atoms with Gasteiger partial charge in [0.1, 0.15) is 28.9 Å². The van der Waals surface area contributed by atoms with E-state index in [0.717, 1.165) is 12.8 Å². The van der Waals surface area contributed by atoms with Crippen molar-refractivity contribution in [2.45, 2.75) is 51.7 Å². The molecule has 3 aromatic rings. The second kappa shape index (κ2) is 10.1. The number of fused-ring (bicyclic) bond motifs is 1. The van der Waals surface area contributed by atoms with Crippen molar-refractivity contribution < 1.29 is 28.2 Å². The summed E-state index contributed by atoms with van der Waals surface area (Å²) in [5.41, 5.74) is 1.70. The number of hydrogen-bond acceptors (Lipinski definition) is 7. The first kappa shape index (κ1) is 25.7. The number of benzene rings is 1. The van der Waals surface area contributed by atoms with Crippen molar-refractivity contribution in [2.75, 3.05) is 26.8 Å². The van der Waals surface area contributed by atoms with Crippen LogP contribution in [0.5, 0.6) is 11.5 Å². The van der Waals surface area contributed by atoms with E-state index < -0.39 is 17.5 Å². The van der Waals surface area contributed by atoms with Gasteiger partial charge in [-0.15, -0.1) is 0 Å². The minimum Gasteiger partial charge on any atom is -0.494 e. The Balaban J connectivity index is 1.37. The highest BCUT2D eigenvalue weighted by atomic mass is 19.1. The Morgan fingerprint density at radius 1 is 1.18 bits per heavy atom. The SMILES string of the molecule is COc1cc(-c2ncnc3c(C(=O)N[C@@H]4CCN(C(=O)OC(C)(C)C)C4)c[nH]c23)c(OCC2CC2)cc1F. The first-order valence-electron chi connectivity index (χ1n) is 12.7. The number of carbonyl (C=O) groups is 2. The standard InChI is InChI=1S/C27H32FN5O5/c1-27(2,3)38-26(35)33-8-7-16(12-33)32-25(34)18-11-29-24-22(30-14-31-23(18)24)17-9-21(36-4)19(28)10-20(17)37-13-15-5-6-15/h9-11,14-16,29H,5-8,12-13H2,1-4H3,(H,32,34)/t16-/m1/s1. The zero-order chi connectivity index (χ0) is 27.0. The van der Waals surface area contributed by atoms with Crippen molar-refractivity contribution in [3.8, 4) is 22.8 Å². The van der Waals surface area contributed by atoms with Crippen molar-refractivity contribution in [2.24, 2.45) is 5.92 Å². The van der Waals surface area contributed by atoms with Crippen LogP contribution in [-0.2, 0) is 4.74 Å². The van der Waals surface area contributed by atoms with Crippen LogP contribution in [0.4, 0.5) is 9.18 Å². The van der Waals surface area contributed by atoms with Crippen LogP contribution in [0.25, 0.3) is 22.3 Å². The average Bonchev–Trinajstić information content (AvgIpc) is 3.39. The third-order valence-corrected chi connectivity index (χ3v) is 6.56. The van der Waals surface area contributed by atoms with Crippen LogP contribution in [0.2, 0.25) is 0 Å². The fraction of sp³-hybridized carbons (Fsp3) is 0.481. The molecule has 5 rings (SSSR count). The van der Waals surface area contributed by atoms with Gasteiger partial charge in [0.15, 0.2) is 11.6 Å². The molecule has 0 unspecified atom stereocenters. The lowest BCUT2D eigenvalue weighted by molar-refractivity contribution is 0.0290. The molecule has 2 N–H and O–H groups in total. The molecule has 2 aromatic heterocycles. The smallest absolute Gasteiger partial charge is 0.410 e. The van der Waals surface area contributed by atoms with Crippen molar-refractivity contribution in [3.63, 3.8) is 0 Å².